The van der Waals surface area contributed by atoms with Crippen molar-refractivity contribution in [1.82, 2.24) is 0 Å². The Hall–Kier alpha value is -0.820. The van der Waals surface area contributed by atoms with Crippen LogP contribution in [-0.2, 0) is 0 Å². The summed E-state index contributed by atoms with van der Waals surface area (Å²) in [6.45, 7) is 9.60. The highest BCUT2D eigenvalue weighted by atomic mass is 16.3. The molecule has 0 bridgehead atoms. The van der Waals surface area contributed by atoms with Crippen LogP contribution in [0.2, 0.25) is 0 Å². The molecule has 0 saturated carbocycles. The number of aliphatic hydroxyl groups excluding tert-OH is 1. The van der Waals surface area contributed by atoms with Gasteiger partial charge in [-0.1, -0.05) is 29.9 Å². The zero-order valence-electron chi connectivity index (χ0n) is 8.12. The maximum absolute atomic E-state index is 9.56. The Labute approximate surface area is 75.1 Å². The molecule has 0 aromatic heterocycles. The van der Waals surface area contributed by atoms with Gasteiger partial charge >= 0.3 is 0 Å². The van der Waals surface area contributed by atoms with Gasteiger partial charge in [-0.3, -0.25) is 0 Å². The molecule has 0 aromatic carbocycles. The zero-order valence-corrected chi connectivity index (χ0v) is 8.12. The average molecular weight is 166 g/mol. The molecule has 12 heavy (non-hydrogen) atoms. The summed E-state index contributed by atoms with van der Waals surface area (Å²) < 4.78 is 0. The summed E-state index contributed by atoms with van der Waals surface area (Å²) >= 11 is 0. The second kappa shape index (κ2) is 5.78. The van der Waals surface area contributed by atoms with Crippen LogP contribution in [0.5, 0.6) is 0 Å². The second-order valence-corrected chi connectivity index (χ2v) is 3.07. The van der Waals surface area contributed by atoms with Crippen molar-refractivity contribution < 1.29 is 5.11 Å². The molecule has 0 aromatic rings. The van der Waals surface area contributed by atoms with Crippen LogP contribution in [-0.4, -0.2) is 11.2 Å². The van der Waals surface area contributed by atoms with Crippen LogP contribution in [0.3, 0.4) is 0 Å². The van der Waals surface area contributed by atoms with Gasteiger partial charge in [0.15, 0.2) is 0 Å². The lowest BCUT2D eigenvalue weighted by molar-refractivity contribution is 0.196. The molecule has 1 heteroatoms. The third-order valence-electron chi connectivity index (χ3n) is 1.58. The van der Waals surface area contributed by atoms with Crippen molar-refractivity contribution in [2.75, 3.05) is 0 Å². The molecule has 0 rings (SSSR count). The summed E-state index contributed by atoms with van der Waals surface area (Å²) in [5.74, 6) is 0.0335. The lowest BCUT2D eigenvalue weighted by atomic mass is 10.00. The van der Waals surface area contributed by atoms with Gasteiger partial charge in [0, 0.05) is 5.92 Å². The summed E-state index contributed by atoms with van der Waals surface area (Å²) in [7, 11) is 0. The monoisotopic (exact) mass is 166 g/mol. The highest BCUT2D eigenvalue weighted by Gasteiger charge is 2.08. The summed E-state index contributed by atoms with van der Waals surface area (Å²) in [5.41, 5.74) is 1.20. The van der Waals surface area contributed by atoms with Crippen molar-refractivity contribution in [3.63, 3.8) is 0 Å². The summed E-state index contributed by atoms with van der Waals surface area (Å²) in [5, 5.41) is 9.56. The van der Waals surface area contributed by atoms with E-state index in [1.54, 1.807) is 12.2 Å². The van der Waals surface area contributed by atoms with Crippen LogP contribution in [0.1, 0.15) is 20.8 Å². The van der Waals surface area contributed by atoms with E-state index in [1.807, 2.05) is 32.9 Å². The van der Waals surface area contributed by atoms with E-state index < -0.39 is 6.10 Å². The minimum Gasteiger partial charge on any atom is -0.388 e. The van der Waals surface area contributed by atoms with Crippen molar-refractivity contribution in [1.29, 1.82) is 0 Å². The summed E-state index contributed by atoms with van der Waals surface area (Å²) in [4.78, 5) is 0. The Morgan fingerprint density at radius 3 is 2.33 bits per heavy atom. The standard InChI is InChI=1S/C11H18O/c1-5-7-11(12)10(6-2)8-9(3)4/h5-8,10-12H,2H2,1,3-4H3/b7-5+/t10-,11-/m1/s1. The average Bonchev–Trinajstić information content (AvgIpc) is 2.00. The van der Waals surface area contributed by atoms with E-state index in [4.69, 9.17) is 0 Å². The molecule has 1 N–H and O–H groups in total. The number of allylic oxidation sites excluding steroid dienone is 2. The molecule has 0 unspecified atom stereocenters. The molecule has 0 aliphatic heterocycles. The van der Waals surface area contributed by atoms with Crippen molar-refractivity contribution >= 4 is 0 Å². The highest BCUT2D eigenvalue weighted by molar-refractivity contribution is 5.09. The van der Waals surface area contributed by atoms with Gasteiger partial charge in [-0.25, -0.2) is 0 Å². The first-order chi connectivity index (χ1) is 5.61. The van der Waals surface area contributed by atoms with E-state index in [-0.39, 0.29) is 5.92 Å². The molecule has 0 aliphatic carbocycles. The SMILES string of the molecule is C=C[C@H](C=C(C)C)[C@H](O)/C=C/C. The third-order valence-corrected chi connectivity index (χ3v) is 1.58. The topological polar surface area (TPSA) is 20.2 Å². The van der Waals surface area contributed by atoms with Crippen molar-refractivity contribution in [3.8, 4) is 0 Å². The van der Waals surface area contributed by atoms with E-state index in [1.165, 1.54) is 5.57 Å². The fourth-order valence-electron chi connectivity index (χ4n) is 1.02. The molecular weight excluding hydrogens is 148 g/mol. The Morgan fingerprint density at radius 1 is 1.42 bits per heavy atom. The lowest BCUT2D eigenvalue weighted by Gasteiger charge is -2.12. The van der Waals surface area contributed by atoms with E-state index >= 15 is 0 Å². The van der Waals surface area contributed by atoms with Crippen LogP contribution in [0, 0.1) is 5.92 Å². The molecule has 1 nitrogen and oxygen atoms in total. The second-order valence-electron chi connectivity index (χ2n) is 3.07. The first-order valence-electron chi connectivity index (χ1n) is 4.20. The fraction of sp³-hybridized carbons (Fsp3) is 0.455. The smallest absolute Gasteiger partial charge is 0.0817 e. The minimum atomic E-state index is -0.442. The number of rotatable bonds is 4. The predicted octanol–water partition coefficient (Wildman–Crippen LogP) is 2.69. The maximum atomic E-state index is 9.56. The molecule has 68 valence electrons. The number of hydrogen-bond acceptors (Lipinski definition) is 1. The van der Waals surface area contributed by atoms with Gasteiger partial charge in [-0.15, -0.1) is 6.58 Å². The van der Waals surface area contributed by atoms with Crippen LogP contribution in [0.15, 0.2) is 36.5 Å². The largest absolute Gasteiger partial charge is 0.388 e. The van der Waals surface area contributed by atoms with Crippen LogP contribution in [0.25, 0.3) is 0 Å². The van der Waals surface area contributed by atoms with Gasteiger partial charge in [0.2, 0.25) is 0 Å². The van der Waals surface area contributed by atoms with Gasteiger partial charge < -0.3 is 5.11 Å². The Morgan fingerprint density at radius 2 is 2.00 bits per heavy atom. The fourth-order valence-corrected chi connectivity index (χ4v) is 1.02. The predicted molar refractivity (Wildman–Crippen MR) is 53.9 cm³/mol. The zero-order chi connectivity index (χ0) is 9.56. The molecule has 0 amide bonds. The molecule has 0 spiro atoms. The van der Waals surface area contributed by atoms with E-state index in [0.29, 0.717) is 0 Å². The van der Waals surface area contributed by atoms with Crippen LogP contribution in [0.4, 0.5) is 0 Å². The molecule has 0 heterocycles. The molecule has 0 fully saturated rings. The van der Waals surface area contributed by atoms with Gasteiger partial charge in [0.05, 0.1) is 6.10 Å². The van der Waals surface area contributed by atoms with Gasteiger partial charge in [0.25, 0.3) is 0 Å². The van der Waals surface area contributed by atoms with Crippen LogP contribution >= 0.6 is 0 Å². The van der Waals surface area contributed by atoms with Gasteiger partial charge in [-0.2, -0.15) is 0 Å². The Kier molecular flexibility index (Phi) is 5.39. The van der Waals surface area contributed by atoms with Crippen LogP contribution < -0.4 is 0 Å². The Balaban J connectivity index is 4.34. The highest BCUT2D eigenvalue weighted by Crippen LogP contribution is 2.11. The van der Waals surface area contributed by atoms with Gasteiger partial charge in [0.1, 0.15) is 0 Å². The van der Waals surface area contributed by atoms with Crippen molar-refractivity contribution in [2.45, 2.75) is 26.9 Å². The quantitative estimate of drug-likeness (QED) is 0.637. The number of aliphatic hydroxyl groups is 1. The lowest BCUT2D eigenvalue weighted by Crippen LogP contribution is -2.13. The van der Waals surface area contributed by atoms with E-state index in [0.717, 1.165) is 0 Å². The normalized spacial score (nSPS) is 15.7. The molecule has 0 aliphatic rings. The summed E-state index contributed by atoms with van der Waals surface area (Å²) in [6, 6.07) is 0. The first kappa shape index (κ1) is 11.2. The maximum Gasteiger partial charge on any atom is 0.0817 e. The third kappa shape index (κ3) is 4.14. The first-order valence-corrected chi connectivity index (χ1v) is 4.20. The van der Waals surface area contributed by atoms with E-state index in [2.05, 4.69) is 6.58 Å². The molecule has 0 saturated heterocycles. The minimum absolute atomic E-state index is 0.0335. The van der Waals surface area contributed by atoms with E-state index in [9.17, 15) is 5.11 Å². The van der Waals surface area contributed by atoms with Gasteiger partial charge in [-0.05, 0) is 20.8 Å². The summed E-state index contributed by atoms with van der Waals surface area (Å²) in [6.07, 6.45) is 6.95. The Bertz CT molecular complexity index is 185. The molecular formula is C11H18O. The van der Waals surface area contributed by atoms with Crippen molar-refractivity contribution in [2.24, 2.45) is 5.92 Å². The molecule has 0 radical (unpaired) electrons. The number of hydrogen-bond donors (Lipinski definition) is 1. The molecule has 2 atom stereocenters. The van der Waals surface area contributed by atoms with Crippen molar-refractivity contribution in [3.05, 3.63) is 36.5 Å².